The summed E-state index contributed by atoms with van der Waals surface area (Å²) in [6, 6.07) is 13.0. The lowest BCUT2D eigenvalue weighted by atomic mass is 9.93. The number of anilines is 3. The number of carbonyl (C=O) groups is 1. The molecule has 2 amide bonds. The van der Waals surface area contributed by atoms with Crippen LogP contribution in [0.1, 0.15) is 76.7 Å². The third-order valence-electron chi connectivity index (χ3n) is 8.38. The van der Waals surface area contributed by atoms with Crippen LogP contribution in [-0.2, 0) is 15.4 Å². The second kappa shape index (κ2) is 12.8. The number of thioether (sulfide) groups is 1. The standard InChI is InChI=1S/C33H43N7O4S2/c1-9-29-35-25(22-10-12-23(13-11-22)34-31(41)36-27-19-26(44-38-27)32(3,4)5)18-21(2)24-14-15-28(37-30(24)45-29)39(6)20-33(16-17-33)40(7)46(8,42)43/h10-15,18-19,21H,9,16-17,20H2,1-8H3,(H2,34,36,38,41). The maximum atomic E-state index is 12.6. The van der Waals surface area contributed by atoms with Gasteiger partial charge in [0.15, 0.2) is 5.82 Å². The van der Waals surface area contributed by atoms with E-state index in [1.165, 1.54) is 10.6 Å². The number of hydrogen-bond acceptors (Lipinski definition) is 9. The second-order valence-corrected chi connectivity index (χ2v) is 16.2. The van der Waals surface area contributed by atoms with Gasteiger partial charge in [-0.3, -0.25) is 5.32 Å². The van der Waals surface area contributed by atoms with Crippen LogP contribution in [0, 0.1) is 0 Å². The Morgan fingerprint density at radius 2 is 1.80 bits per heavy atom. The summed E-state index contributed by atoms with van der Waals surface area (Å²) in [7, 11) is 0.347. The topological polar surface area (TPSA) is 133 Å². The number of pyridine rings is 1. The molecule has 1 fully saturated rings. The summed E-state index contributed by atoms with van der Waals surface area (Å²) in [5.74, 6) is 1.89. The van der Waals surface area contributed by atoms with Crippen LogP contribution in [0.15, 0.2) is 63.1 Å². The molecule has 1 unspecified atom stereocenters. The number of sulfonamides is 1. The van der Waals surface area contributed by atoms with E-state index in [1.54, 1.807) is 24.9 Å². The summed E-state index contributed by atoms with van der Waals surface area (Å²) in [5.41, 5.74) is 2.94. The summed E-state index contributed by atoms with van der Waals surface area (Å²) in [4.78, 5) is 24.7. The van der Waals surface area contributed by atoms with E-state index in [4.69, 9.17) is 14.5 Å². The van der Waals surface area contributed by atoms with Crippen molar-refractivity contribution in [2.24, 2.45) is 4.99 Å². The molecule has 2 aromatic heterocycles. The maximum Gasteiger partial charge on any atom is 0.324 e. The molecule has 2 N–H and O–H groups in total. The Bertz CT molecular complexity index is 1770. The number of aliphatic imine (C=N–C) groups is 1. The molecule has 1 saturated carbocycles. The lowest BCUT2D eigenvalue weighted by Gasteiger charge is -2.31. The molecule has 13 heteroatoms. The summed E-state index contributed by atoms with van der Waals surface area (Å²) >= 11 is 1.57. The average Bonchev–Trinajstić information content (AvgIpc) is 3.60. The number of urea groups is 1. The van der Waals surface area contributed by atoms with E-state index in [2.05, 4.69) is 41.8 Å². The molecule has 0 radical (unpaired) electrons. The minimum atomic E-state index is -3.29. The Morgan fingerprint density at radius 1 is 1.11 bits per heavy atom. The van der Waals surface area contributed by atoms with Gasteiger partial charge in [-0.15, -0.1) is 0 Å². The van der Waals surface area contributed by atoms with Crippen LogP contribution in [0.25, 0.3) is 5.70 Å². The molecule has 3 heterocycles. The molecule has 1 aliphatic heterocycles. The quantitative estimate of drug-likeness (QED) is 0.251. The molecular formula is C33H43N7O4S2. The van der Waals surface area contributed by atoms with Gasteiger partial charge in [0.2, 0.25) is 10.0 Å². The van der Waals surface area contributed by atoms with Crippen LogP contribution < -0.4 is 15.5 Å². The van der Waals surface area contributed by atoms with Crippen LogP contribution in [0.3, 0.4) is 0 Å². The lowest BCUT2D eigenvalue weighted by molar-refractivity contribution is 0.262. The fourth-order valence-electron chi connectivity index (χ4n) is 5.31. The molecule has 5 rings (SSSR count). The number of amides is 2. The molecule has 1 aliphatic carbocycles. The number of nitrogens with zero attached hydrogens (tertiary/aromatic N) is 5. The fourth-order valence-corrected chi connectivity index (χ4v) is 7.27. The largest absolute Gasteiger partial charge is 0.359 e. The first-order valence-electron chi connectivity index (χ1n) is 15.4. The highest BCUT2D eigenvalue weighted by atomic mass is 32.2. The van der Waals surface area contributed by atoms with Crippen molar-refractivity contribution < 1.29 is 17.7 Å². The van der Waals surface area contributed by atoms with Gasteiger partial charge in [-0.2, -0.15) is 4.31 Å². The van der Waals surface area contributed by atoms with Crippen LogP contribution >= 0.6 is 11.8 Å². The molecule has 11 nitrogen and oxygen atoms in total. The number of benzene rings is 1. The highest BCUT2D eigenvalue weighted by Gasteiger charge is 2.50. The number of fused-ring (bicyclic) bond motifs is 1. The Morgan fingerprint density at radius 3 is 2.39 bits per heavy atom. The van der Waals surface area contributed by atoms with Gasteiger partial charge >= 0.3 is 6.03 Å². The Hall–Kier alpha value is -3.68. The highest BCUT2D eigenvalue weighted by molar-refractivity contribution is 8.14. The predicted molar refractivity (Wildman–Crippen MR) is 186 cm³/mol. The summed E-state index contributed by atoms with van der Waals surface area (Å²) in [5, 5.41) is 11.3. The first-order valence-corrected chi connectivity index (χ1v) is 18.0. The molecule has 0 saturated heterocycles. The zero-order valence-corrected chi connectivity index (χ0v) is 29.3. The van der Waals surface area contributed by atoms with E-state index in [9.17, 15) is 13.2 Å². The van der Waals surface area contributed by atoms with E-state index < -0.39 is 16.1 Å². The average molecular weight is 666 g/mol. The first-order chi connectivity index (χ1) is 21.6. The van der Waals surface area contributed by atoms with Crippen molar-refractivity contribution in [1.29, 1.82) is 0 Å². The Kier molecular flexibility index (Phi) is 9.40. The fraction of sp³-hybridized carbons (Fsp3) is 0.455. The monoisotopic (exact) mass is 665 g/mol. The van der Waals surface area contributed by atoms with Crippen molar-refractivity contribution in [3.8, 4) is 0 Å². The van der Waals surface area contributed by atoms with Gasteiger partial charge in [0.05, 0.1) is 22.5 Å². The molecule has 0 bridgehead atoms. The summed E-state index contributed by atoms with van der Waals surface area (Å²) in [6.45, 7) is 10.8. The summed E-state index contributed by atoms with van der Waals surface area (Å²) in [6.07, 6.45) is 5.81. The lowest BCUT2D eigenvalue weighted by Crippen LogP contribution is -2.45. The number of hydrogen-bond donors (Lipinski definition) is 2. The first kappa shape index (κ1) is 33.7. The van der Waals surface area contributed by atoms with Gasteiger partial charge < -0.3 is 14.7 Å². The van der Waals surface area contributed by atoms with E-state index in [1.807, 2.05) is 63.1 Å². The predicted octanol–water partition coefficient (Wildman–Crippen LogP) is 6.93. The summed E-state index contributed by atoms with van der Waals surface area (Å²) < 4.78 is 31.3. The SMILES string of the molecule is CCC1=NC(c2ccc(NC(=O)Nc3cc(C(C)(C)C)on3)cc2)=CC(C)c2ccc(N(C)CC3(N(C)S(C)(=O)=O)CC3)nc2S1. The molecule has 1 aromatic carbocycles. The molecule has 46 heavy (non-hydrogen) atoms. The number of carbonyl (C=O) groups excluding carboxylic acids is 1. The van der Waals surface area contributed by atoms with Gasteiger partial charge in [0, 0.05) is 43.7 Å². The molecule has 1 atom stereocenters. The maximum absolute atomic E-state index is 12.6. The number of likely N-dealkylation sites (N-methyl/N-ethyl adjacent to an activating group) is 2. The zero-order chi connectivity index (χ0) is 33.4. The van der Waals surface area contributed by atoms with Crippen molar-refractivity contribution in [1.82, 2.24) is 14.4 Å². The Balaban J connectivity index is 1.30. The molecule has 246 valence electrons. The molecular weight excluding hydrogens is 623 g/mol. The van der Waals surface area contributed by atoms with Gasteiger partial charge in [0.1, 0.15) is 16.6 Å². The molecule has 2 aliphatic rings. The van der Waals surface area contributed by atoms with Crippen LogP contribution in [0.4, 0.5) is 22.1 Å². The number of aromatic nitrogens is 2. The van der Waals surface area contributed by atoms with Gasteiger partial charge in [0.25, 0.3) is 0 Å². The normalized spacial score (nSPS) is 17.7. The second-order valence-electron chi connectivity index (χ2n) is 13.2. The smallest absolute Gasteiger partial charge is 0.324 e. The van der Waals surface area contributed by atoms with E-state index >= 15 is 0 Å². The van der Waals surface area contributed by atoms with Crippen molar-refractivity contribution in [3.05, 3.63) is 65.4 Å². The van der Waals surface area contributed by atoms with Gasteiger partial charge in [-0.05, 0) is 48.6 Å². The van der Waals surface area contributed by atoms with Crippen LogP contribution in [-0.4, -0.2) is 66.4 Å². The van der Waals surface area contributed by atoms with Crippen molar-refractivity contribution in [3.63, 3.8) is 0 Å². The highest BCUT2D eigenvalue weighted by Crippen LogP contribution is 2.44. The van der Waals surface area contributed by atoms with Crippen LogP contribution in [0.5, 0.6) is 0 Å². The van der Waals surface area contributed by atoms with E-state index in [0.29, 0.717) is 23.8 Å². The third-order valence-corrected chi connectivity index (χ3v) is 10.9. The minimum Gasteiger partial charge on any atom is -0.359 e. The number of allylic oxidation sites excluding steroid dienone is 1. The van der Waals surface area contributed by atoms with Crippen molar-refractivity contribution in [2.75, 3.05) is 42.4 Å². The van der Waals surface area contributed by atoms with Crippen LogP contribution in [0.2, 0.25) is 0 Å². The van der Waals surface area contributed by atoms with Crippen molar-refractivity contribution >= 4 is 55.9 Å². The zero-order valence-electron chi connectivity index (χ0n) is 27.7. The number of rotatable bonds is 9. The third kappa shape index (κ3) is 7.64. The van der Waals surface area contributed by atoms with Gasteiger partial charge in [-0.1, -0.05) is 75.8 Å². The molecule has 3 aromatic rings. The Labute approximate surface area is 276 Å². The van der Waals surface area contributed by atoms with E-state index in [-0.39, 0.29) is 16.9 Å². The van der Waals surface area contributed by atoms with E-state index in [0.717, 1.165) is 52.0 Å². The number of nitrogens with one attached hydrogen (secondary N) is 2. The van der Waals surface area contributed by atoms with Gasteiger partial charge in [-0.25, -0.2) is 23.2 Å². The minimum absolute atomic E-state index is 0.0432. The van der Waals surface area contributed by atoms with Crippen molar-refractivity contribution in [2.45, 2.75) is 75.8 Å². The molecule has 0 spiro atoms.